The summed E-state index contributed by atoms with van der Waals surface area (Å²) in [6.07, 6.45) is -1.70. The van der Waals surface area contributed by atoms with Gasteiger partial charge in [0.2, 0.25) is 0 Å². The highest BCUT2D eigenvalue weighted by Crippen LogP contribution is 2.30. The van der Waals surface area contributed by atoms with E-state index in [0.717, 1.165) is 12.8 Å². The van der Waals surface area contributed by atoms with Crippen LogP contribution in [0.15, 0.2) is 0 Å². The zero-order valence-corrected chi connectivity index (χ0v) is 10.9. The second-order valence-electron chi connectivity index (χ2n) is 4.51. The van der Waals surface area contributed by atoms with Gasteiger partial charge in [0, 0.05) is 10.5 Å². The van der Waals surface area contributed by atoms with E-state index in [4.69, 9.17) is 5.11 Å². The van der Waals surface area contributed by atoms with Crippen LogP contribution in [0.5, 0.6) is 0 Å². The Hall–Kier alpha value is -0.100. The van der Waals surface area contributed by atoms with Gasteiger partial charge in [0.1, 0.15) is 12.2 Å². The topological polar surface area (TPSA) is 77.8 Å². The lowest BCUT2D eigenvalue weighted by atomic mass is 10.1. The molecule has 0 radical (unpaired) electrons. The van der Waals surface area contributed by atoms with Crippen LogP contribution in [0.3, 0.4) is 0 Å². The monoisotopic (exact) mass is 250 g/mol. The van der Waals surface area contributed by atoms with Gasteiger partial charge in [0.25, 0.3) is 0 Å². The van der Waals surface area contributed by atoms with Crippen LogP contribution in [0.4, 0.5) is 0 Å². The summed E-state index contributed by atoms with van der Waals surface area (Å²) in [7, 11) is 0. The number of carbonyl (C=O) groups excluding carboxylic acids is 1. The number of hydrogen-bond acceptors (Lipinski definition) is 5. The van der Waals surface area contributed by atoms with Crippen LogP contribution in [0.25, 0.3) is 0 Å². The largest absolute Gasteiger partial charge is 0.389 e. The molecule has 0 rings (SSSR count). The molecule has 0 unspecified atom stereocenters. The minimum atomic E-state index is -1.51. The van der Waals surface area contributed by atoms with Gasteiger partial charge in [-0.05, 0) is 6.42 Å². The summed E-state index contributed by atoms with van der Waals surface area (Å²) in [5.41, 5.74) is 0. The fourth-order valence-electron chi connectivity index (χ4n) is 1.39. The van der Waals surface area contributed by atoms with Crippen molar-refractivity contribution in [3.8, 4) is 0 Å². The summed E-state index contributed by atoms with van der Waals surface area (Å²) >= 11 is 1.53. The molecule has 0 aromatic carbocycles. The Morgan fingerprint density at radius 1 is 1.31 bits per heavy atom. The lowest BCUT2D eigenvalue weighted by molar-refractivity contribution is -0.124. The van der Waals surface area contributed by atoms with Gasteiger partial charge >= 0.3 is 0 Å². The molecule has 4 nitrogen and oxygen atoms in total. The Morgan fingerprint density at radius 3 is 2.31 bits per heavy atom. The Labute approximate surface area is 101 Å². The van der Waals surface area contributed by atoms with Gasteiger partial charge in [-0.1, -0.05) is 27.2 Å². The van der Waals surface area contributed by atoms with Crippen molar-refractivity contribution in [1.29, 1.82) is 0 Å². The van der Waals surface area contributed by atoms with Gasteiger partial charge in [0.15, 0.2) is 6.29 Å². The van der Waals surface area contributed by atoms with E-state index in [-0.39, 0.29) is 11.0 Å². The summed E-state index contributed by atoms with van der Waals surface area (Å²) < 4.78 is 0.0293. The van der Waals surface area contributed by atoms with E-state index in [1.54, 1.807) is 0 Å². The van der Waals surface area contributed by atoms with Crippen LogP contribution in [0.2, 0.25) is 0 Å². The molecule has 16 heavy (non-hydrogen) atoms. The molecular formula is C11H22O4S. The van der Waals surface area contributed by atoms with Crippen LogP contribution in [-0.4, -0.2) is 50.4 Å². The van der Waals surface area contributed by atoms with Crippen molar-refractivity contribution < 1.29 is 20.1 Å². The third kappa shape index (κ3) is 5.84. The average molecular weight is 250 g/mol. The molecule has 0 aromatic rings. The standard InChI is InChI=1S/C11H22O4S/c1-4-5-11(2,3)16-7-9(14)10(15)8(13)6-12/h6,8-10,13-15H,4-5,7H2,1-3H3/t8-,9+,10-/m0/s1. The van der Waals surface area contributed by atoms with Gasteiger partial charge in [0.05, 0.1) is 6.10 Å². The van der Waals surface area contributed by atoms with E-state index in [1.807, 2.05) is 0 Å². The molecule has 0 saturated heterocycles. The highest BCUT2D eigenvalue weighted by molar-refractivity contribution is 8.00. The van der Waals surface area contributed by atoms with Crippen LogP contribution in [0.1, 0.15) is 33.6 Å². The lowest BCUT2D eigenvalue weighted by Crippen LogP contribution is -2.40. The van der Waals surface area contributed by atoms with E-state index in [0.29, 0.717) is 5.75 Å². The maximum absolute atomic E-state index is 10.2. The molecule has 0 bridgehead atoms. The molecule has 0 aliphatic rings. The summed E-state index contributed by atoms with van der Waals surface area (Å²) in [4.78, 5) is 10.2. The van der Waals surface area contributed by atoms with Gasteiger partial charge < -0.3 is 20.1 Å². The predicted octanol–water partition coefficient (Wildman–Crippen LogP) is 0.580. The van der Waals surface area contributed by atoms with Gasteiger partial charge in [-0.2, -0.15) is 11.8 Å². The van der Waals surface area contributed by atoms with Crippen LogP contribution >= 0.6 is 11.8 Å². The third-order valence-electron chi connectivity index (χ3n) is 2.38. The molecule has 0 aromatic heterocycles. The molecule has 0 amide bonds. The van der Waals surface area contributed by atoms with Crippen molar-refractivity contribution in [3.05, 3.63) is 0 Å². The van der Waals surface area contributed by atoms with Crippen molar-refractivity contribution >= 4 is 18.0 Å². The molecule has 0 fully saturated rings. The molecule has 3 atom stereocenters. The fraction of sp³-hybridized carbons (Fsp3) is 0.909. The summed E-state index contributed by atoms with van der Waals surface area (Å²) in [5, 5.41) is 28.0. The van der Waals surface area contributed by atoms with Gasteiger partial charge in [-0.3, -0.25) is 0 Å². The van der Waals surface area contributed by atoms with Gasteiger partial charge in [-0.15, -0.1) is 0 Å². The van der Waals surface area contributed by atoms with Crippen molar-refractivity contribution in [2.45, 2.75) is 56.7 Å². The number of hydrogen-bond donors (Lipinski definition) is 3. The molecular weight excluding hydrogens is 228 g/mol. The van der Waals surface area contributed by atoms with Crippen molar-refractivity contribution in [2.24, 2.45) is 0 Å². The first-order chi connectivity index (χ1) is 7.34. The highest BCUT2D eigenvalue weighted by Gasteiger charge is 2.26. The first kappa shape index (κ1) is 15.9. The molecule has 3 N–H and O–H groups in total. The van der Waals surface area contributed by atoms with Crippen LogP contribution in [-0.2, 0) is 4.79 Å². The number of aliphatic hydroxyl groups is 3. The van der Waals surface area contributed by atoms with E-state index in [1.165, 1.54) is 11.8 Å². The SMILES string of the molecule is CCCC(C)(C)SC[C@@H](O)[C@@H](O)[C@@H](O)C=O. The van der Waals surface area contributed by atoms with Crippen molar-refractivity contribution in [3.63, 3.8) is 0 Å². The summed E-state index contributed by atoms with van der Waals surface area (Å²) in [5.74, 6) is 0.305. The molecule has 5 heteroatoms. The van der Waals surface area contributed by atoms with Crippen LogP contribution in [0, 0.1) is 0 Å². The maximum atomic E-state index is 10.2. The maximum Gasteiger partial charge on any atom is 0.151 e. The molecule has 0 spiro atoms. The van der Waals surface area contributed by atoms with Gasteiger partial charge in [-0.25, -0.2) is 0 Å². The minimum Gasteiger partial charge on any atom is -0.389 e. The minimum absolute atomic E-state index is 0.0293. The number of carbonyl (C=O) groups is 1. The first-order valence-electron chi connectivity index (χ1n) is 5.47. The fourth-order valence-corrected chi connectivity index (χ4v) is 2.56. The van der Waals surface area contributed by atoms with E-state index >= 15 is 0 Å². The van der Waals surface area contributed by atoms with Crippen molar-refractivity contribution in [2.75, 3.05) is 5.75 Å². The lowest BCUT2D eigenvalue weighted by Gasteiger charge is -2.26. The normalized spacial score (nSPS) is 17.9. The van der Waals surface area contributed by atoms with E-state index in [2.05, 4.69) is 20.8 Å². The molecule has 0 saturated carbocycles. The molecule has 0 aliphatic heterocycles. The highest BCUT2D eigenvalue weighted by atomic mass is 32.2. The second-order valence-corrected chi connectivity index (χ2v) is 6.23. The molecule has 0 heterocycles. The zero-order valence-electron chi connectivity index (χ0n) is 10.1. The first-order valence-corrected chi connectivity index (χ1v) is 6.46. The van der Waals surface area contributed by atoms with Crippen molar-refractivity contribution in [1.82, 2.24) is 0 Å². The van der Waals surface area contributed by atoms with E-state index < -0.39 is 18.3 Å². The number of thioether (sulfide) groups is 1. The quantitative estimate of drug-likeness (QED) is 0.549. The number of aldehydes is 1. The number of rotatable bonds is 8. The average Bonchev–Trinajstić information content (AvgIpc) is 2.23. The summed E-state index contributed by atoms with van der Waals surface area (Å²) in [6.45, 7) is 6.22. The predicted molar refractivity (Wildman–Crippen MR) is 65.5 cm³/mol. The Kier molecular flexibility index (Phi) is 7.22. The molecule has 0 aliphatic carbocycles. The smallest absolute Gasteiger partial charge is 0.151 e. The zero-order chi connectivity index (χ0) is 12.8. The summed E-state index contributed by atoms with van der Waals surface area (Å²) in [6, 6.07) is 0. The second kappa shape index (κ2) is 7.27. The number of aliphatic hydroxyl groups excluding tert-OH is 3. The Morgan fingerprint density at radius 2 is 1.88 bits per heavy atom. The van der Waals surface area contributed by atoms with Crippen LogP contribution < -0.4 is 0 Å². The Bertz CT molecular complexity index is 208. The third-order valence-corrected chi connectivity index (χ3v) is 3.87. The van der Waals surface area contributed by atoms with E-state index in [9.17, 15) is 15.0 Å². The molecule has 96 valence electrons. The Balaban J connectivity index is 4.05.